The molecule has 2 aromatic heterocycles. The van der Waals surface area contributed by atoms with Gasteiger partial charge in [-0.2, -0.15) is 0 Å². The van der Waals surface area contributed by atoms with Gasteiger partial charge in [-0.1, -0.05) is 25.0 Å². The summed E-state index contributed by atoms with van der Waals surface area (Å²) in [4.78, 5) is 18.1. The molecule has 28 heavy (non-hydrogen) atoms. The van der Waals surface area contributed by atoms with Crippen LogP contribution >= 0.6 is 22.7 Å². The Morgan fingerprint density at radius 1 is 1.25 bits per heavy atom. The van der Waals surface area contributed by atoms with Crippen molar-refractivity contribution in [1.82, 2.24) is 10.3 Å². The topological polar surface area (TPSA) is 63.2 Å². The van der Waals surface area contributed by atoms with Crippen molar-refractivity contribution in [3.05, 3.63) is 63.2 Å². The van der Waals surface area contributed by atoms with Gasteiger partial charge in [0.1, 0.15) is 12.4 Å². The van der Waals surface area contributed by atoms with Gasteiger partial charge in [-0.25, -0.2) is 9.78 Å². The van der Waals surface area contributed by atoms with Crippen LogP contribution in [0.5, 0.6) is 5.75 Å². The second-order valence-electron chi connectivity index (χ2n) is 6.93. The summed E-state index contributed by atoms with van der Waals surface area (Å²) in [5.41, 5.74) is 3.40. The summed E-state index contributed by atoms with van der Waals surface area (Å²) in [5, 5.41) is 10.2. The number of nitrogens with zero attached hydrogens (tertiary/aromatic N) is 1. The lowest BCUT2D eigenvalue weighted by Gasteiger charge is -2.24. The number of thiazole rings is 1. The molecule has 1 saturated carbocycles. The average Bonchev–Trinajstić information content (AvgIpc) is 3.49. The van der Waals surface area contributed by atoms with E-state index >= 15 is 0 Å². The van der Waals surface area contributed by atoms with Gasteiger partial charge in [0.05, 0.1) is 17.2 Å². The fourth-order valence-corrected chi connectivity index (χ4v) is 5.03. The molecule has 1 atom stereocenters. The molecule has 5 nitrogen and oxygen atoms in total. The van der Waals surface area contributed by atoms with Crippen molar-refractivity contribution in [3.63, 3.8) is 0 Å². The molecule has 0 saturated heterocycles. The lowest BCUT2D eigenvalue weighted by atomic mass is 9.97. The Morgan fingerprint density at radius 3 is 2.89 bits per heavy atom. The first kappa shape index (κ1) is 19.0. The van der Waals surface area contributed by atoms with Crippen molar-refractivity contribution in [2.24, 2.45) is 5.92 Å². The van der Waals surface area contributed by atoms with Crippen molar-refractivity contribution in [1.29, 1.82) is 0 Å². The Hall–Kier alpha value is -2.38. The van der Waals surface area contributed by atoms with E-state index in [4.69, 9.17) is 4.74 Å². The highest BCUT2D eigenvalue weighted by Crippen LogP contribution is 2.37. The van der Waals surface area contributed by atoms with Crippen molar-refractivity contribution in [3.8, 4) is 5.75 Å². The average molecular weight is 414 g/mol. The van der Waals surface area contributed by atoms with Gasteiger partial charge in [0.2, 0.25) is 0 Å². The molecule has 1 aromatic carbocycles. The Labute approximate surface area is 172 Å². The van der Waals surface area contributed by atoms with Crippen LogP contribution in [0.25, 0.3) is 0 Å². The van der Waals surface area contributed by atoms with Crippen LogP contribution in [0.15, 0.2) is 52.7 Å². The number of carbonyl (C=O) groups excluding carboxylic acids is 1. The fourth-order valence-electron chi connectivity index (χ4n) is 3.62. The molecule has 1 unspecified atom stereocenters. The number of carbonyl (C=O) groups is 1. The number of aromatic nitrogens is 1. The minimum Gasteiger partial charge on any atom is -0.487 e. The molecule has 146 valence electrons. The molecular weight excluding hydrogens is 390 g/mol. The van der Waals surface area contributed by atoms with Gasteiger partial charge in [0.15, 0.2) is 0 Å². The first-order valence-corrected chi connectivity index (χ1v) is 11.3. The largest absolute Gasteiger partial charge is 0.487 e. The van der Waals surface area contributed by atoms with Crippen molar-refractivity contribution in [2.75, 3.05) is 5.32 Å². The van der Waals surface area contributed by atoms with E-state index in [-0.39, 0.29) is 12.1 Å². The van der Waals surface area contributed by atoms with Crippen LogP contribution in [0, 0.1) is 5.92 Å². The van der Waals surface area contributed by atoms with E-state index in [2.05, 4.69) is 27.1 Å². The second-order valence-corrected chi connectivity index (χ2v) is 8.63. The van der Waals surface area contributed by atoms with E-state index in [0.29, 0.717) is 24.0 Å². The number of urea groups is 1. The third kappa shape index (κ3) is 4.91. The second kappa shape index (κ2) is 9.21. The lowest BCUT2D eigenvalue weighted by Crippen LogP contribution is -2.35. The summed E-state index contributed by atoms with van der Waals surface area (Å²) in [6, 6.07) is 11.5. The zero-order chi connectivity index (χ0) is 19.2. The number of hydrogen-bond donors (Lipinski definition) is 2. The Morgan fingerprint density at radius 2 is 2.14 bits per heavy atom. The highest BCUT2D eigenvalue weighted by Gasteiger charge is 2.28. The van der Waals surface area contributed by atoms with Crippen molar-refractivity contribution < 1.29 is 9.53 Å². The third-order valence-corrected chi connectivity index (χ3v) is 6.56. The summed E-state index contributed by atoms with van der Waals surface area (Å²) in [5.74, 6) is 1.22. The standard InChI is InChI=1S/C21H23N3O2S2/c25-21(24-20(15-5-1-2-6-15)19-9-4-10-28-19)23-16-7-3-8-18(11-16)26-12-17-13-27-14-22-17/h3-4,7-11,13-15,20H,1-2,5-6,12H2,(H2,23,24,25). The van der Waals surface area contributed by atoms with Gasteiger partial charge in [0, 0.05) is 22.0 Å². The first-order valence-electron chi connectivity index (χ1n) is 9.49. The molecule has 4 rings (SSSR count). The number of ether oxygens (including phenoxy) is 1. The quantitative estimate of drug-likeness (QED) is 0.512. The summed E-state index contributed by atoms with van der Waals surface area (Å²) in [6.45, 7) is 0.418. The van der Waals surface area contributed by atoms with Crippen molar-refractivity contribution in [2.45, 2.75) is 38.3 Å². The molecule has 0 aliphatic heterocycles. The minimum absolute atomic E-state index is 0.0756. The number of nitrogens with one attached hydrogen (secondary N) is 2. The third-order valence-electron chi connectivity index (χ3n) is 4.97. The van der Waals surface area contributed by atoms with Crippen LogP contribution in [-0.2, 0) is 6.61 Å². The summed E-state index contributed by atoms with van der Waals surface area (Å²) in [6.07, 6.45) is 4.83. The summed E-state index contributed by atoms with van der Waals surface area (Å²) >= 11 is 3.25. The Balaban J connectivity index is 1.37. The highest BCUT2D eigenvalue weighted by atomic mass is 32.1. The smallest absolute Gasteiger partial charge is 0.319 e. The molecule has 2 N–H and O–H groups in total. The van der Waals surface area contributed by atoms with Crippen LogP contribution in [0.3, 0.4) is 0 Å². The first-order chi connectivity index (χ1) is 13.8. The maximum Gasteiger partial charge on any atom is 0.319 e. The van der Waals surface area contributed by atoms with Crippen LogP contribution < -0.4 is 15.4 Å². The number of anilines is 1. The molecule has 1 aliphatic carbocycles. The Kier molecular flexibility index (Phi) is 6.24. The van der Waals surface area contributed by atoms with E-state index in [1.165, 1.54) is 30.6 Å². The fraction of sp³-hybridized carbons (Fsp3) is 0.333. The van der Waals surface area contributed by atoms with E-state index in [9.17, 15) is 4.79 Å². The number of rotatable bonds is 7. The lowest BCUT2D eigenvalue weighted by molar-refractivity contribution is 0.243. The molecule has 0 spiro atoms. The molecule has 0 radical (unpaired) electrons. The molecular formula is C21H23N3O2S2. The maximum atomic E-state index is 12.7. The van der Waals surface area contributed by atoms with Gasteiger partial charge in [-0.15, -0.1) is 22.7 Å². The number of benzene rings is 1. The highest BCUT2D eigenvalue weighted by molar-refractivity contribution is 7.10. The molecule has 1 aliphatic rings. The normalized spacial score (nSPS) is 15.3. The van der Waals surface area contributed by atoms with E-state index in [0.717, 1.165) is 5.69 Å². The predicted molar refractivity (Wildman–Crippen MR) is 114 cm³/mol. The van der Waals surface area contributed by atoms with Gasteiger partial charge in [-0.05, 0) is 42.3 Å². The van der Waals surface area contributed by atoms with E-state index < -0.39 is 0 Å². The van der Waals surface area contributed by atoms with Gasteiger partial charge < -0.3 is 15.4 Å². The van der Waals surface area contributed by atoms with Gasteiger partial charge in [-0.3, -0.25) is 0 Å². The Bertz CT molecular complexity index is 875. The summed E-state index contributed by atoms with van der Waals surface area (Å²) in [7, 11) is 0. The number of thiophene rings is 1. The molecule has 2 heterocycles. The van der Waals surface area contributed by atoms with Gasteiger partial charge >= 0.3 is 6.03 Å². The van der Waals surface area contributed by atoms with E-state index in [1.54, 1.807) is 28.2 Å². The molecule has 3 aromatic rings. The maximum absolute atomic E-state index is 12.7. The zero-order valence-corrected chi connectivity index (χ0v) is 17.1. The van der Waals surface area contributed by atoms with Crippen LogP contribution in [0.1, 0.15) is 42.3 Å². The van der Waals surface area contributed by atoms with Crippen LogP contribution in [0.4, 0.5) is 10.5 Å². The van der Waals surface area contributed by atoms with Gasteiger partial charge in [0.25, 0.3) is 0 Å². The number of hydrogen-bond acceptors (Lipinski definition) is 5. The minimum atomic E-state index is -0.179. The predicted octanol–water partition coefficient (Wildman–Crippen LogP) is 5.84. The number of amides is 2. The zero-order valence-electron chi connectivity index (χ0n) is 15.5. The molecule has 1 fully saturated rings. The molecule has 7 heteroatoms. The molecule has 2 amide bonds. The van der Waals surface area contributed by atoms with Crippen molar-refractivity contribution >= 4 is 34.4 Å². The monoisotopic (exact) mass is 413 g/mol. The summed E-state index contributed by atoms with van der Waals surface area (Å²) < 4.78 is 5.77. The SMILES string of the molecule is O=C(Nc1cccc(OCc2cscn2)c1)NC(c1cccs1)C1CCCC1. The van der Waals surface area contributed by atoms with E-state index in [1.807, 2.05) is 35.7 Å². The van der Waals surface area contributed by atoms with Crippen LogP contribution in [-0.4, -0.2) is 11.0 Å². The van der Waals surface area contributed by atoms with Crippen LogP contribution in [0.2, 0.25) is 0 Å². The molecule has 0 bridgehead atoms.